The number of nitrogens with one attached hydrogen (secondary N) is 1. The molecule has 0 fully saturated rings. The molecule has 0 spiro atoms. The summed E-state index contributed by atoms with van der Waals surface area (Å²) in [6, 6.07) is 13.2. The first-order valence-corrected chi connectivity index (χ1v) is 11.2. The molecule has 1 N–H and O–H groups in total. The van der Waals surface area contributed by atoms with Gasteiger partial charge in [-0.25, -0.2) is 4.79 Å². The number of amides is 1. The lowest BCUT2D eigenvalue weighted by Gasteiger charge is -2.17. The minimum atomic E-state index is -3.19. The van der Waals surface area contributed by atoms with Crippen LogP contribution >= 0.6 is 23.5 Å². The number of carbonyl (C=O) groups excluding carboxylic acids is 2. The standard InChI is InChI=1S/C20H23BrNO6P/c1-26-20(24)18(12-15-5-4-6-17(21)11-15)22-19(23)16-9-7-14(8-10-16)13-29(25,27-2)28-3/h4-11,18H,12-13H2,1-3H3,(H,22,23)/t18-/m0/s1. The molecule has 0 aliphatic heterocycles. The number of carbonyl (C=O) groups is 2. The second-order valence-electron chi connectivity index (χ2n) is 6.21. The van der Waals surface area contributed by atoms with Crippen LogP contribution in [-0.2, 0) is 35.7 Å². The van der Waals surface area contributed by atoms with E-state index >= 15 is 0 Å². The van der Waals surface area contributed by atoms with Crippen molar-refractivity contribution in [3.8, 4) is 0 Å². The average Bonchev–Trinajstić information content (AvgIpc) is 2.73. The molecule has 1 amide bonds. The number of rotatable bonds is 9. The Morgan fingerprint density at radius 2 is 1.69 bits per heavy atom. The SMILES string of the molecule is COC(=O)[C@H](Cc1cccc(Br)c1)NC(=O)c1ccc(CP(=O)(OC)OC)cc1. The fraction of sp³-hybridized carbons (Fsp3) is 0.300. The van der Waals surface area contributed by atoms with E-state index in [1.54, 1.807) is 24.3 Å². The van der Waals surface area contributed by atoms with Crippen molar-refractivity contribution >= 4 is 35.4 Å². The molecule has 0 unspecified atom stereocenters. The third-order valence-corrected chi connectivity index (χ3v) is 6.63. The highest BCUT2D eigenvalue weighted by atomic mass is 79.9. The van der Waals surface area contributed by atoms with Gasteiger partial charge in [0.25, 0.3) is 5.91 Å². The molecule has 0 radical (unpaired) electrons. The van der Waals surface area contributed by atoms with E-state index in [4.69, 9.17) is 13.8 Å². The van der Waals surface area contributed by atoms with Crippen molar-refractivity contribution in [3.05, 3.63) is 69.7 Å². The van der Waals surface area contributed by atoms with Gasteiger partial charge in [-0.3, -0.25) is 9.36 Å². The van der Waals surface area contributed by atoms with E-state index in [9.17, 15) is 14.2 Å². The fourth-order valence-corrected chi connectivity index (χ4v) is 4.18. The maximum atomic E-state index is 12.6. The van der Waals surface area contributed by atoms with Gasteiger partial charge in [0.15, 0.2) is 0 Å². The van der Waals surface area contributed by atoms with Crippen molar-refractivity contribution in [1.29, 1.82) is 0 Å². The van der Waals surface area contributed by atoms with Gasteiger partial charge in [0.2, 0.25) is 0 Å². The van der Waals surface area contributed by atoms with Crippen LogP contribution in [0.3, 0.4) is 0 Å². The van der Waals surface area contributed by atoms with Crippen LogP contribution in [0, 0.1) is 0 Å². The highest BCUT2D eigenvalue weighted by Gasteiger charge is 2.24. The van der Waals surface area contributed by atoms with Crippen LogP contribution in [0.2, 0.25) is 0 Å². The molecular weight excluding hydrogens is 461 g/mol. The third-order valence-electron chi connectivity index (χ3n) is 4.27. The number of hydrogen-bond acceptors (Lipinski definition) is 6. The lowest BCUT2D eigenvalue weighted by molar-refractivity contribution is -0.142. The summed E-state index contributed by atoms with van der Waals surface area (Å²) in [5.74, 6) is -0.945. The number of methoxy groups -OCH3 is 1. The molecular formula is C20H23BrNO6P. The molecule has 0 bridgehead atoms. The van der Waals surface area contributed by atoms with Crippen LogP contribution < -0.4 is 5.32 Å². The summed E-state index contributed by atoms with van der Waals surface area (Å²) < 4.78 is 27.8. The smallest absolute Gasteiger partial charge is 0.334 e. The van der Waals surface area contributed by atoms with Gasteiger partial charge in [-0.15, -0.1) is 0 Å². The van der Waals surface area contributed by atoms with Crippen molar-refractivity contribution in [2.75, 3.05) is 21.3 Å². The molecule has 2 aromatic rings. The molecule has 9 heteroatoms. The lowest BCUT2D eigenvalue weighted by Crippen LogP contribution is -2.43. The fourth-order valence-electron chi connectivity index (χ4n) is 2.67. The quantitative estimate of drug-likeness (QED) is 0.428. The van der Waals surface area contributed by atoms with Crippen molar-refractivity contribution in [3.63, 3.8) is 0 Å². The van der Waals surface area contributed by atoms with E-state index in [1.807, 2.05) is 24.3 Å². The van der Waals surface area contributed by atoms with E-state index in [0.29, 0.717) is 17.5 Å². The summed E-state index contributed by atoms with van der Waals surface area (Å²) in [6.07, 6.45) is 0.385. The van der Waals surface area contributed by atoms with Crippen molar-refractivity contribution in [1.82, 2.24) is 5.32 Å². The van der Waals surface area contributed by atoms with Gasteiger partial charge >= 0.3 is 13.6 Å². The molecule has 156 valence electrons. The minimum absolute atomic E-state index is 0.0928. The van der Waals surface area contributed by atoms with Gasteiger partial charge in [0.1, 0.15) is 6.04 Å². The Labute approximate surface area is 178 Å². The van der Waals surface area contributed by atoms with Gasteiger partial charge in [0, 0.05) is 30.7 Å². The second-order valence-corrected chi connectivity index (χ2v) is 9.40. The van der Waals surface area contributed by atoms with Crippen molar-refractivity contribution in [2.24, 2.45) is 0 Å². The highest BCUT2D eigenvalue weighted by molar-refractivity contribution is 9.10. The van der Waals surface area contributed by atoms with Crippen LogP contribution in [-0.4, -0.2) is 39.2 Å². The summed E-state index contributed by atoms with van der Waals surface area (Å²) in [6.45, 7) is 0. The normalized spacial score (nSPS) is 12.3. The maximum Gasteiger partial charge on any atom is 0.334 e. The summed E-state index contributed by atoms with van der Waals surface area (Å²) in [4.78, 5) is 24.7. The van der Waals surface area contributed by atoms with E-state index in [0.717, 1.165) is 10.0 Å². The molecule has 2 rings (SSSR count). The number of benzene rings is 2. The Kier molecular flexibility index (Phi) is 8.59. The number of ether oxygens (including phenoxy) is 1. The molecule has 0 aliphatic carbocycles. The van der Waals surface area contributed by atoms with Gasteiger partial charge in [-0.1, -0.05) is 40.2 Å². The van der Waals surface area contributed by atoms with Crippen LogP contribution in [0.4, 0.5) is 0 Å². The van der Waals surface area contributed by atoms with Gasteiger partial charge in [0.05, 0.1) is 13.3 Å². The predicted molar refractivity (Wildman–Crippen MR) is 113 cm³/mol. The first kappa shape index (κ1) is 23.3. The summed E-state index contributed by atoms with van der Waals surface area (Å²) in [7, 11) is 0.736. The zero-order chi connectivity index (χ0) is 21.4. The second kappa shape index (κ2) is 10.7. The third kappa shape index (κ3) is 6.78. The molecule has 1 atom stereocenters. The van der Waals surface area contributed by atoms with E-state index in [-0.39, 0.29) is 6.16 Å². The molecule has 2 aromatic carbocycles. The lowest BCUT2D eigenvalue weighted by atomic mass is 10.1. The summed E-state index contributed by atoms with van der Waals surface area (Å²) in [5.41, 5.74) is 1.94. The van der Waals surface area contributed by atoms with Gasteiger partial charge < -0.3 is 19.1 Å². The topological polar surface area (TPSA) is 90.9 Å². The number of halogens is 1. The molecule has 7 nitrogen and oxygen atoms in total. The Morgan fingerprint density at radius 1 is 1.03 bits per heavy atom. The summed E-state index contributed by atoms with van der Waals surface area (Å²) in [5, 5.41) is 2.71. The van der Waals surface area contributed by atoms with E-state index in [2.05, 4.69) is 21.2 Å². The van der Waals surface area contributed by atoms with Gasteiger partial charge in [-0.2, -0.15) is 0 Å². The molecule has 0 aliphatic rings. The Morgan fingerprint density at radius 3 is 2.24 bits per heavy atom. The predicted octanol–water partition coefficient (Wildman–Crippen LogP) is 3.95. The molecule has 0 aromatic heterocycles. The maximum absolute atomic E-state index is 12.6. The zero-order valence-electron chi connectivity index (χ0n) is 16.4. The molecule has 0 heterocycles. The first-order chi connectivity index (χ1) is 13.8. The largest absolute Gasteiger partial charge is 0.467 e. The van der Waals surface area contributed by atoms with Crippen LogP contribution in [0.25, 0.3) is 0 Å². The van der Waals surface area contributed by atoms with Crippen LogP contribution in [0.15, 0.2) is 53.0 Å². The minimum Gasteiger partial charge on any atom is -0.467 e. The Bertz CT molecular complexity index is 894. The first-order valence-electron chi connectivity index (χ1n) is 8.73. The van der Waals surface area contributed by atoms with Crippen LogP contribution in [0.5, 0.6) is 0 Å². The number of esters is 1. The van der Waals surface area contributed by atoms with E-state index < -0.39 is 25.5 Å². The van der Waals surface area contributed by atoms with Crippen molar-refractivity contribution in [2.45, 2.75) is 18.6 Å². The van der Waals surface area contributed by atoms with E-state index in [1.165, 1.54) is 21.3 Å². The van der Waals surface area contributed by atoms with Crippen molar-refractivity contribution < 1.29 is 27.9 Å². The Balaban J connectivity index is 2.10. The Hall–Kier alpha value is -1.99. The summed E-state index contributed by atoms with van der Waals surface area (Å²) >= 11 is 3.39. The molecule has 0 saturated carbocycles. The zero-order valence-corrected chi connectivity index (χ0v) is 18.9. The van der Waals surface area contributed by atoms with Crippen LogP contribution in [0.1, 0.15) is 21.5 Å². The molecule has 0 saturated heterocycles. The highest BCUT2D eigenvalue weighted by Crippen LogP contribution is 2.49. The van der Waals surface area contributed by atoms with Gasteiger partial charge in [-0.05, 0) is 35.4 Å². The number of hydrogen-bond donors (Lipinski definition) is 1. The average molecular weight is 484 g/mol. The molecule has 29 heavy (non-hydrogen) atoms. The monoisotopic (exact) mass is 483 g/mol.